The molecule has 2 N–H and O–H groups in total. The van der Waals surface area contributed by atoms with Gasteiger partial charge in [0.05, 0.1) is 5.60 Å². The van der Waals surface area contributed by atoms with Crippen molar-refractivity contribution in [1.82, 2.24) is 10.2 Å². The zero-order valence-electron chi connectivity index (χ0n) is 15.4. The summed E-state index contributed by atoms with van der Waals surface area (Å²) in [6.45, 7) is 14.5. The molecule has 1 aliphatic heterocycles. The van der Waals surface area contributed by atoms with Crippen LogP contribution in [0.3, 0.4) is 0 Å². The first-order chi connectivity index (χ1) is 10.0. The molecule has 0 aromatic carbocycles. The third-order valence-electron chi connectivity index (χ3n) is 4.46. The first kappa shape index (κ1) is 19.4. The third kappa shape index (κ3) is 6.66. The molecular weight excluding hydrogens is 276 g/mol. The van der Waals surface area contributed by atoms with Gasteiger partial charge in [-0.3, -0.25) is 4.79 Å². The Bertz CT molecular complexity index is 351. The number of hydrogen-bond acceptors (Lipinski definition) is 3. The molecule has 0 aliphatic carbocycles. The molecule has 0 radical (unpaired) electrons. The Morgan fingerprint density at radius 3 is 2.23 bits per heavy atom. The average Bonchev–Trinajstić information content (AvgIpc) is 2.42. The monoisotopic (exact) mass is 312 g/mol. The molecule has 0 bridgehead atoms. The van der Waals surface area contributed by atoms with Gasteiger partial charge in [-0.1, -0.05) is 34.6 Å². The molecule has 1 atom stereocenters. The predicted octanol–water partition coefficient (Wildman–Crippen LogP) is 2.80. The number of piperidine rings is 1. The maximum absolute atomic E-state index is 12.3. The van der Waals surface area contributed by atoms with E-state index in [4.69, 9.17) is 0 Å². The fraction of sp³-hybridized carbons (Fsp3) is 0.944. The molecule has 1 fully saturated rings. The van der Waals surface area contributed by atoms with Crippen LogP contribution in [0.15, 0.2) is 0 Å². The number of carbonyl (C=O) groups is 1. The molecule has 22 heavy (non-hydrogen) atoms. The standard InChI is InChI=1S/C18H36N2O2/c1-14(2)7-10-18(6,22)13-19-15-8-11-20(12-9-15)16(21)17(3,4)5/h14-15,19,22H,7-13H2,1-6H3. The molecule has 0 aromatic rings. The van der Waals surface area contributed by atoms with E-state index in [2.05, 4.69) is 19.2 Å². The molecule has 1 unspecified atom stereocenters. The third-order valence-corrected chi connectivity index (χ3v) is 4.46. The van der Waals surface area contributed by atoms with Gasteiger partial charge in [-0.05, 0) is 38.5 Å². The average molecular weight is 312 g/mol. The smallest absolute Gasteiger partial charge is 0.227 e. The van der Waals surface area contributed by atoms with E-state index < -0.39 is 5.60 Å². The van der Waals surface area contributed by atoms with E-state index in [1.807, 2.05) is 32.6 Å². The van der Waals surface area contributed by atoms with Crippen LogP contribution in [0.2, 0.25) is 0 Å². The predicted molar refractivity (Wildman–Crippen MR) is 91.8 cm³/mol. The fourth-order valence-electron chi connectivity index (χ4n) is 2.81. The lowest BCUT2D eigenvalue weighted by Crippen LogP contribution is -2.50. The van der Waals surface area contributed by atoms with E-state index >= 15 is 0 Å². The zero-order valence-corrected chi connectivity index (χ0v) is 15.4. The van der Waals surface area contributed by atoms with Crippen molar-refractivity contribution in [2.45, 2.75) is 78.9 Å². The van der Waals surface area contributed by atoms with Gasteiger partial charge < -0.3 is 15.3 Å². The molecule has 4 heteroatoms. The van der Waals surface area contributed by atoms with Gasteiger partial charge in [0, 0.05) is 31.1 Å². The van der Waals surface area contributed by atoms with Crippen LogP contribution in [0, 0.1) is 11.3 Å². The van der Waals surface area contributed by atoms with Gasteiger partial charge in [-0.15, -0.1) is 0 Å². The first-order valence-corrected chi connectivity index (χ1v) is 8.76. The molecule has 4 nitrogen and oxygen atoms in total. The Balaban J connectivity index is 2.33. The molecule has 1 heterocycles. The van der Waals surface area contributed by atoms with Crippen molar-refractivity contribution in [3.8, 4) is 0 Å². The minimum Gasteiger partial charge on any atom is -0.389 e. The van der Waals surface area contributed by atoms with Gasteiger partial charge in [0.15, 0.2) is 0 Å². The molecule has 0 saturated carbocycles. The molecule has 1 saturated heterocycles. The fourth-order valence-corrected chi connectivity index (χ4v) is 2.81. The maximum Gasteiger partial charge on any atom is 0.227 e. The summed E-state index contributed by atoms with van der Waals surface area (Å²) in [5.74, 6) is 0.869. The van der Waals surface area contributed by atoms with Crippen LogP contribution in [-0.4, -0.2) is 47.2 Å². The summed E-state index contributed by atoms with van der Waals surface area (Å²) in [6.07, 6.45) is 3.83. The summed E-state index contributed by atoms with van der Waals surface area (Å²) in [6, 6.07) is 0.412. The van der Waals surface area contributed by atoms with Gasteiger partial charge in [-0.25, -0.2) is 0 Å². The normalized spacial score (nSPS) is 20.3. The van der Waals surface area contributed by atoms with Crippen molar-refractivity contribution >= 4 is 5.91 Å². The lowest BCUT2D eigenvalue weighted by Gasteiger charge is -2.37. The summed E-state index contributed by atoms with van der Waals surface area (Å²) < 4.78 is 0. The lowest BCUT2D eigenvalue weighted by atomic mass is 9.92. The molecular formula is C18H36N2O2. The number of carbonyl (C=O) groups excluding carboxylic acids is 1. The van der Waals surface area contributed by atoms with E-state index in [0.29, 0.717) is 18.5 Å². The highest BCUT2D eigenvalue weighted by atomic mass is 16.3. The van der Waals surface area contributed by atoms with Gasteiger partial charge in [-0.2, -0.15) is 0 Å². The minimum atomic E-state index is -0.636. The Kier molecular flexibility index (Phi) is 6.87. The second-order valence-corrected chi connectivity index (χ2v) is 8.63. The zero-order chi connectivity index (χ0) is 17.0. The van der Waals surface area contributed by atoms with Crippen LogP contribution in [0.5, 0.6) is 0 Å². The highest BCUT2D eigenvalue weighted by molar-refractivity contribution is 5.81. The second-order valence-electron chi connectivity index (χ2n) is 8.63. The van der Waals surface area contributed by atoms with Gasteiger partial charge in [0.2, 0.25) is 5.91 Å². The minimum absolute atomic E-state index is 0.245. The van der Waals surface area contributed by atoms with Crippen LogP contribution < -0.4 is 5.32 Å². The number of nitrogens with one attached hydrogen (secondary N) is 1. The molecule has 130 valence electrons. The van der Waals surface area contributed by atoms with Crippen molar-refractivity contribution in [2.75, 3.05) is 19.6 Å². The van der Waals surface area contributed by atoms with Crippen molar-refractivity contribution in [1.29, 1.82) is 0 Å². The molecule has 0 aromatic heterocycles. The maximum atomic E-state index is 12.3. The lowest BCUT2D eigenvalue weighted by molar-refractivity contribution is -0.140. The number of hydrogen-bond donors (Lipinski definition) is 2. The summed E-state index contributed by atoms with van der Waals surface area (Å²) in [7, 11) is 0. The summed E-state index contributed by atoms with van der Waals surface area (Å²) >= 11 is 0. The largest absolute Gasteiger partial charge is 0.389 e. The van der Waals surface area contributed by atoms with Crippen molar-refractivity contribution < 1.29 is 9.90 Å². The number of amides is 1. The molecule has 1 rings (SSSR count). The Labute approximate surface area is 136 Å². The second kappa shape index (κ2) is 7.78. The van der Waals surface area contributed by atoms with E-state index in [1.54, 1.807) is 0 Å². The number of likely N-dealkylation sites (tertiary alicyclic amines) is 1. The van der Waals surface area contributed by atoms with E-state index in [9.17, 15) is 9.90 Å². The van der Waals surface area contributed by atoms with Gasteiger partial charge >= 0.3 is 0 Å². The topological polar surface area (TPSA) is 52.6 Å². The quantitative estimate of drug-likeness (QED) is 0.793. The van der Waals surface area contributed by atoms with Crippen molar-refractivity contribution in [3.05, 3.63) is 0 Å². The van der Waals surface area contributed by atoms with Crippen LogP contribution in [0.25, 0.3) is 0 Å². The molecule has 0 spiro atoms. The SMILES string of the molecule is CC(C)CCC(C)(O)CNC1CCN(C(=O)C(C)(C)C)CC1. The number of nitrogens with zero attached hydrogens (tertiary/aromatic N) is 1. The van der Waals surface area contributed by atoms with Gasteiger partial charge in [0.1, 0.15) is 0 Å². The summed E-state index contributed by atoms with van der Waals surface area (Å²) in [4.78, 5) is 14.2. The highest BCUT2D eigenvalue weighted by Crippen LogP contribution is 2.21. The molecule has 1 aliphatic rings. The first-order valence-electron chi connectivity index (χ1n) is 8.76. The van der Waals surface area contributed by atoms with Crippen LogP contribution in [0.1, 0.15) is 67.2 Å². The highest BCUT2D eigenvalue weighted by Gasteiger charge is 2.31. The summed E-state index contributed by atoms with van der Waals surface area (Å²) in [5.41, 5.74) is -0.927. The van der Waals surface area contributed by atoms with Crippen LogP contribution in [-0.2, 0) is 4.79 Å². The van der Waals surface area contributed by atoms with E-state index in [1.165, 1.54) is 0 Å². The Morgan fingerprint density at radius 2 is 1.77 bits per heavy atom. The molecule has 1 amide bonds. The van der Waals surface area contributed by atoms with Gasteiger partial charge in [0.25, 0.3) is 0 Å². The van der Waals surface area contributed by atoms with E-state index in [-0.39, 0.29) is 11.3 Å². The van der Waals surface area contributed by atoms with E-state index in [0.717, 1.165) is 38.8 Å². The van der Waals surface area contributed by atoms with Crippen LogP contribution in [0.4, 0.5) is 0 Å². The van der Waals surface area contributed by atoms with Crippen LogP contribution >= 0.6 is 0 Å². The summed E-state index contributed by atoms with van der Waals surface area (Å²) in [5, 5.41) is 13.9. The Hall–Kier alpha value is -0.610. The number of aliphatic hydroxyl groups is 1. The number of rotatable bonds is 6. The van der Waals surface area contributed by atoms with Crippen molar-refractivity contribution in [2.24, 2.45) is 11.3 Å². The van der Waals surface area contributed by atoms with Crippen molar-refractivity contribution in [3.63, 3.8) is 0 Å². The Morgan fingerprint density at radius 1 is 1.23 bits per heavy atom.